The Labute approximate surface area is 131 Å². The van der Waals surface area contributed by atoms with Gasteiger partial charge in [0, 0.05) is 24.2 Å². The summed E-state index contributed by atoms with van der Waals surface area (Å²) in [4.78, 5) is 15.9. The van der Waals surface area contributed by atoms with Gasteiger partial charge in [-0.25, -0.2) is 14.2 Å². The lowest BCUT2D eigenvalue weighted by atomic mass is 10.1. The second kappa shape index (κ2) is 5.42. The van der Waals surface area contributed by atoms with Crippen LogP contribution in [0.5, 0.6) is 0 Å². The molecule has 1 aromatic carbocycles. The van der Waals surface area contributed by atoms with Crippen molar-refractivity contribution < 1.29 is 13.9 Å². The van der Waals surface area contributed by atoms with Gasteiger partial charge >= 0.3 is 5.97 Å². The van der Waals surface area contributed by atoms with Crippen molar-refractivity contribution >= 4 is 28.6 Å². The molecule has 0 N–H and O–H groups in total. The SMILES string of the molecule is COC(=O)c1ccc2c(-c3ccc(Cl)c(F)c3)cn(C)c2n1. The molecule has 112 valence electrons. The minimum Gasteiger partial charge on any atom is -0.464 e. The van der Waals surface area contributed by atoms with Crippen LogP contribution in [0.3, 0.4) is 0 Å². The number of halogens is 2. The molecule has 3 aromatic rings. The number of methoxy groups -OCH3 is 1. The third kappa shape index (κ3) is 2.33. The summed E-state index contributed by atoms with van der Waals surface area (Å²) >= 11 is 5.72. The summed E-state index contributed by atoms with van der Waals surface area (Å²) in [6.45, 7) is 0. The van der Waals surface area contributed by atoms with E-state index < -0.39 is 11.8 Å². The Kier molecular flexibility index (Phi) is 3.58. The number of hydrogen-bond acceptors (Lipinski definition) is 3. The first-order valence-corrected chi connectivity index (χ1v) is 6.89. The number of aryl methyl sites for hydroxylation is 1. The molecule has 2 heterocycles. The van der Waals surface area contributed by atoms with E-state index in [-0.39, 0.29) is 10.7 Å². The molecule has 0 atom stereocenters. The number of hydrogen-bond donors (Lipinski definition) is 0. The molecule has 6 heteroatoms. The third-order valence-electron chi connectivity index (χ3n) is 3.45. The third-order valence-corrected chi connectivity index (χ3v) is 3.75. The Balaban J connectivity index is 2.19. The van der Waals surface area contributed by atoms with Gasteiger partial charge in [-0.3, -0.25) is 0 Å². The molecule has 0 aliphatic rings. The van der Waals surface area contributed by atoms with Gasteiger partial charge in [-0.15, -0.1) is 0 Å². The van der Waals surface area contributed by atoms with Gasteiger partial charge in [-0.05, 0) is 29.8 Å². The number of aromatic nitrogens is 2. The normalized spacial score (nSPS) is 10.9. The van der Waals surface area contributed by atoms with Crippen LogP contribution in [-0.4, -0.2) is 22.6 Å². The second-order valence-electron chi connectivity index (χ2n) is 4.84. The van der Waals surface area contributed by atoms with Crippen LogP contribution in [-0.2, 0) is 11.8 Å². The first-order valence-electron chi connectivity index (χ1n) is 6.51. The molecule has 4 nitrogen and oxygen atoms in total. The van der Waals surface area contributed by atoms with Gasteiger partial charge in [0.15, 0.2) is 5.69 Å². The zero-order chi connectivity index (χ0) is 15.9. The van der Waals surface area contributed by atoms with Crippen molar-refractivity contribution in [3.63, 3.8) is 0 Å². The van der Waals surface area contributed by atoms with Gasteiger partial charge in [-0.2, -0.15) is 0 Å². The molecule has 0 spiro atoms. The molecule has 3 rings (SSSR count). The summed E-state index contributed by atoms with van der Waals surface area (Å²) in [5.74, 6) is -0.975. The number of rotatable bonds is 2. The number of benzene rings is 1. The number of carbonyl (C=O) groups is 1. The van der Waals surface area contributed by atoms with E-state index >= 15 is 0 Å². The summed E-state index contributed by atoms with van der Waals surface area (Å²) in [6.07, 6.45) is 1.83. The fourth-order valence-electron chi connectivity index (χ4n) is 2.36. The van der Waals surface area contributed by atoms with E-state index in [4.69, 9.17) is 11.6 Å². The second-order valence-corrected chi connectivity index (χ2v) is 5.25. The quantitative estimate of drug-likeness (QED) is 0.675. The Morgan fingerprint density at radius 3 is 2.77 bits per heavy atom. The predicted octanol–water partition coefficient (Wildman–Crippen LogP) is 3.82. The largest absolute Gasteiger partial charge is 0.464 e. The van der Waals surface area contributed by atoms with E-state index in [1.54, 1.807) is 22.8 Å². The molecule has 0 saturated carbocycles. The molecule has 0 saturated heterocycles. The molecular weight excluding hydrogens is 307 g/mol. The van der Waals surface area contributed by atoms with E-state index in [9.17, 15) is 9.18 Å². The predicted molar refractivity (Wildman–Crippen MR) is 82.5 cm³/mol. The van der Waals surface area contributed by atoms with Crippen LogP contribution in [0, 0.1) is 5.82 Å². The number of fused-ring (bicyclic) bond motifs is 1. The molecule has 2 aromatic heterocycles. The van der Waals surface area contributed by atoms with Crippen molar-refractivity contribution in [1.82, 2.24) is 9.55 Å². The summed E-state index contributed by atoms with van der Waals surface area (Å²) < 4.78 is 20.1. The average Bonchev–Trinajstić information content (AvgIpc) is 2.86. The van der Waals surface area contributed by atoms with Crippen LogP contribution >= 0.6 is 11.6 Å². The number of carbonyl (C=O) groups excluding carboxylic acids is 1. The first kappa shape index (κ1) is 14.5. The number of esters is 1. The summed E-state index contributed by atoms with van der Waals surface area (Å²) in [6, 6.07) is 8.00. The fourth-order valence-corrected chi connectivity index (χ4v) is 2.48. The highest BCUT2D eigenvalue weighted by atomic mass is 35.5. The Hall–Kier alpha value is -2.40. The molecule has 0 unspecified atom stereocenters. The molecule has 0 aliphatic carbocycles. The molecule has 0 aliphatic heterocycles. The zero-order valence-corrected chi connectivity index (χ0v) is 12.7. The summed E-state index contributed by atoms with van der Waals surface area (Å²) in [7, 11) is 3.12. The molecular formula is C16H12ClFN2O2. The van der Waals surface area contributed by atoms with Crippen molar-refractivity contribution in [2.24, 2.45) is 7.05 Å². The highest BCUT2D eigenvalue weighted by molar-refractivity contribution is 6.30. The van der Waals surface area contributed by atoms with E-state index in [1.807, 2.05) is 13.2 Å². The lowest BCUT2D eigenvalue weighted by Crippen LogP contribution is -2.04. The minimum atomic E-state index is -0.498. The maximum Gasteiger partial charge on any atom is 0.356 e. The Morgan fingerprint density at radius 1 is 1.32 bits per heavy atom. The Morgan fingerprint density at radius 2 is 2.09 bits per heavy atom. The van der Waals surface area contributed by atoms with Crippen LogP contribution in [0.15, 0.2) is 36.5 Å². The van der Waals surface area contributed by atoms with Gasteiger partial charge in [0.1, 0.15) is 11.5 Å². The molecule has 0 bridgehead atoms. The number of ether oxygens (including phenoxy) is 1. The van der Waals surface area contributed by atoms with Crippen molar-refractivity contribution in [2.45, 2.75) is 0 Å². The molecule has 0 amide bonds. The van der Waals surface area contributed by atoms with Crippen LogP contribution in [0.4, 0.5) is 4.39 Å². The van der Waals surface area contributed by atoms with Gasteiger partial charge < -0.3 is 9.30 Å². The highest BCUT2D eigenvalue weighted by Crippen LogP contribution is 2.31. The molecule has 22 heavy (non-hydrogen) atoms. The van der Waals surface area contributed by atoms with Crippen molar-refractivity contribution in [2.75, 3.05) is 7.11 Å². The van der Waals surface area contributed by atoms with Crippen molar-refractivity contribution in [1.29, 1.82) is 0 Å². The van der Waals surface area contributed by atoms with Gasteiger partial charge in [0.2, 0.25) is 0 Å². The highest BCUT2D eigenvalue weighted by Gasteiger charge is 2.14. The van der Waals surface area contributed by atoms with Gasteiger partial charge in [0.25, 0.3) is 0 Å². The van der Waals surface area contributed by atoms with E-state index in [0.29, 0.717) is 11.2 Å². The average molecular weight is 319 g/mol. The minimum absolute atomic E-state index is 0.0788. The van der Waals surface area contributed by atoms with Gasteiger partial charge in [0.05, 0.1) is 12.1 Å². The Bertz CT molecular complexity index is 889. The first-order chi connectivity index (χ1) is 10.5. The van der Waals surface area contributed by atoms with E-state index in [1.165, 1.54) is 19.2 Å². The van der Waals surface area contributed by atoms with E-state index in [0.717, 1.165) is 10.9 Å². The lowest BCUT2D eigenvalue weighted by Gasteiger charge is -2.02. The van der Waals surface area contributed by atoms with Crippen LogP contribution in [0.25, 0.3) is 22.2 Å². The number of pyridine rings is 1. The van der Waals surface area contributed by atoms with Crippen LogP contribution in [0.1, 0.15) is 10.5 Å². The lowest BCUT2D eigenvalue weighted by molar-refractivity contribution is 0.0594. The maximum atomic E-state index is 13.7. The summed E-state index contributed by atoms with van der Waals surface area (Å²) in [5.41, 5.74) is 2.36. The van der Waals surface area contributed by atoms with Gasteiger partial charge in [-0.1, -0.05) is 17.7 Å². The molecule has 0 radical (unpaired) electrons. The van der Waals surface area contributed by atoms with Crippen LogP contribution < -0.4 is 0 Å². The number of nitrogens with zero attached hydrogens (tertiary/aromatic N) is 2. The monoisotopic (exact) mass is 318 g/mol. The van der Waals surface area contributed by atoms with Crippen molar-refractivity contribution in [3.8, 4) is 11.1 Å². The summed E-state index contributed by atoms with van der Waals surface area (Å²) in [5, 5.41) is 0.895. The molecule has 0 fully saturated rings. The van der Waals surface area contributed by atoms with E-state index in [2.05, 4.69) is 9.72 Å². The maximum absolute atomic E-state index is 13.7. The topological polar surface area (TPSA) is 44.1 Å². The zero-order valence-electron chi connectivity index (χ0n) is 11.9. The van der Waals surface area contributed by atoms with Crippen molar-refractivity contribution in [3.05, 3.63) is 53.1 Å². The smallest absolute Gasteiger partial charge is 0.356 e. The standard InChI is InChI=1S/C16H12ClFN2O2/c1-20-8-11(9-3-5-12(17)13(18)7-9)10-4-6-14(16(21)22-2)19-15(10)20/h3-8H,1-2H3. The fraction of sp³-hybridized carbons (Fsp3) is 0.125. The van der Waals surface area contributed by atoms with Crippen LogP contribution in [0.2, 0.25) is 5.02 Å².